The number of carboxylic acids is 1. The van der Waals surface area contributed by atoms with E-state index in [-0.39, 0.29) is 18.4 Å². The van der Waals surface area contributed by atoms with Gasteiger partial charge in [-0.2, -0.15) is 5.10 Å². The van der Waals surface area contributed by atoms with Gasteiger partial charge in [0.05, 0.1) is 0 Å². The number of carbonyl (C=O) groups is 2. The van der Waals surface area contributed by atoms with Crippen LogP contribution in [0.15, 0.2) is 6.07 Å². The lowest BCUT2D eigenvalue weighted by Gasteiger charge is -2.11. The van der Waals surface area contributed by atoms with E-state index in [1.54, 1.807) is 24.7 Å². The summed E-state index contributed by atoms with van der Waals surface area (Å²) in [6.07, 6.45) is 0.454. The van der Waals surface area contributed by atoms with E-state index >= 15 is 0 Å². The molecule has 0 aliphatic heterocycles. The second-order valence-electron chi connectivity index (χ2n) is 4.10. The van der Waals surface area contributed by atoms with Crippen molar-refractivity contribution in [2.45, 2.75) is 32.7 Å². The van der Waals surface area contributed by atoms with Crippen molar-refractivity contribution in [3.63, 3.8) is 0 Å². The van der Waals surface area contributed by atoms with Crippen LogP contribution in [0.5, 0.6) is 0 Å². The maximum absolute atomic E-state index is 11.7. The number of aliphatic carboxylic acids is 1. The summed E-state index contributed by atoms with van der Waals surface area (Å²) in [5.41, 5.74) is 1.25. The van der Waals surface area contributed by atoms with E-state index < -0.39 is 5.97 Å². The third kappa shape index (κ3) is 3.90. The van der Waals surface area contributed by atoms with Gasteiger partial charge >= 0.3 is 5.97 Å². The summed E-state index contributed by atoms with van der Waals surface area (Å²) in [7, 11) is 1.76. The molecule has 1 rings (SSSR count). The molecule has 0 aliphatic rings. The van der Waals surface area contributed by atoms with Gasteiger partial charge < -0.3 is 10.4 Å². The minimum Gasteiger partial charge on any atom is -0.481 e. The van der Waals surface area contributed by atoms with Crippen molar-refractivity contribution in [3.8, 4) is 0 Å². The van der Waals surface area contributed by atoms with Crippen LogP contribution >= 0.6 is 0 Å². The summed E-state index contributed by atoms with van der Waals surface area (Å²) in [5, 5.41) is 15.3. The highest BCUT2D eigenvalue weighted by Crippen LogP contribution is 2.03. The number of carbonyl (C=O) groups excluding carboxylic acids is 1. The first-order valence-electron chi connectivity index (χ1n) is 5.43. The molecule has 6 heteroatoms. The number of nitrogens with one attached hydrogen (secondary N) is 1. The second-order valence-corrected chi connectivity index (χ2v) is 4.10. The fourth-order valence-corrected chi connectivity index (χ4v) is 1.38. The van der Waals surface area contributed by atoms with Crippen molar-refractivity contribution < 1.29 is 14.7 Å². The molecule has 2 N–H and O–H groups in total. The van der Waals surface area contributed by atoms with E-state index in [1.165, 1.54) is 0 Å². The number of amides is 1. The highest BCUT2D eigenvalue weighted by atomic mass is 16.4. The summed E-state index contributed by atoms with van der Waals surface area (Å²) < 4.78 is 1.62. The Bertz CT molecular complexity index is 406. The Balaban J connectivity index is 2.51. The minimum absolute atomic E-state index is 0.0443. The van der Waals surface area contributed by atoms with Crippen LogP contribution in [-0.4, -0.2) is 32.8 Å². The van der Waals surface area contributed by atoms with Crippen molar-refractivity contribution in [1.82, 2.24) is 15.1 Å². The number of nitrogens with zero attached hydrogens (tertiary/aromatic N) is 2. The second kappa shape index (κ2) is 5.47. The molecular formula is C11H17N3O3. The minimum atomic E-state index is -0.861. The number of aryl methyl sites for hydroxylation is 2. The Morgan fingerprint density at radius 2 is 2.24 bits per heavy atom. The molecule has 0 spiro atoms. The quantitative estimate of drug-likeness (QED) is 0.792. The van der Waals surface area contributed by atoms with Gasteiger partial charge in [-0.25, -0.2) is 0 Å². The molecule has 6 nitrogen and oxygen atoms in total. The van der Waals surface area contributed by atoms with Gasteiger partial charge in [0.15, 0.2) is 0 Å². The van der Waals surface area contributed by atoms with E-state index in [9.17, 15) is 9.59 Å². The summed E-state index contributed by atoms with van der Waals surface area (Å²) in [5.74, 6) is -1.13. The smallest absolute Gasteiger partial charge is 0.303 e. The molecule has 0 radical (unpaired) electrons. The highest BCUT2D eigenvalue weighted by molar-refractivity contribution is 5.92. The predicted molar refractivity (Wildman–Crippen MR) is 61.7 cm³/mol. The van der Waals surface area contributed by atoms with Crippen LogP contribution in [0.4, 0.5) is 0 Å². The van der Waals surface area contributed by atoms with E-state index in [4.69, 9.17) is 5.11 Å². The molecule has 1 heterocycles. The molecule has 0 bridgehead atoms. The Morgan fingerprint density at radius 3 is 2.71 bits per heavy atom. The van der Waals surface area contributed by atoms with Crippen LogP contribution in [0.2, 0.25) is 0 Å². The molecule has 0 aromatic carbocycles. The number of hydrogen-bond acceptors (Lipinski definition) is 3. The predicted octanol–water partition coefficient (Wildman–Crippen LogP) is 0.712. The van der Waals surface area contributed by atoms with Crippen molar-refractivity contribution in [1.29, 1.82) is 0 Å². The number of aromatic nitrogens is 2. The largest absolute Gasteiger partial charge is 0.481 e. The zero-order chi connectivity index (χ0) is 13.0. The lowest BCUT2D eigenvalue weighted by atomic mass is 10.2. The molecule has 1 aromatic rings. The molecule has 1 atom stereocenters. The molecule has 94 valence electrons. The van der Waals surface area contributed by atoms with Crippen LogP contribution in [0.1, 0.15) is 35.9 Å². The first kappa shape index (κ1) is 13.2. The third-order valence-electron chi connectivity index (χ3n) is 2.52. The van der Waals surface area contributed by atoms with E-state index in [2.05, 4.69) is 10.4 Å². The summed E-state index contributed by atoms with van der Waals surface area (Å²) in [4.78, 5) is 22.1. The van der Waals surface area contributed by atoms with Gasteiger partial charge in [0.2, 0.25) is 0 Å². The Labute approximate surface area is 99.6 Å². The molecule has 0 fully saturated rings. The number of carboxylic acid groups (broad SMARTS) is 1. The zero-order valence-corrected chi connectivity index (χ0v) is 10.2. The van der Waals surface area contributed by atoms with Gasteiger partial charge in [-0.05, 0) is 26.3 Å². The molecule has 0 saturated heterocycles. The maximum Gasteiger partial charge on any atom is 0.303 e. The van der Waals surface area contributed by atoms with Crippen molar-refractivity contribution in [2.75, 3.05) is 0 Å². The van der Waals surface area contributed by atoms with Crippen LogP contribution in [0, 0.1) is 6.92 Å². The molecule has 1 amide bonds. The standard InChI is InChI=1S/C11H17N3O3/c1-7(4-5-10(15)16)12-11(17)9-6-8(2)14(3)13-9/h6-7H,4-5H2,1-3H3,(H,12,17)(H,15,16). The molecular weight excluding hydrogens is 222 g/mol. The number of rotatable bonds is 5. The van der Waals surface area contributed by atoms with Crippen LogP contribution in [0.3, 0.4) is 0 Å². The van der Waals surface area contributed by atoms with Crippen LogP contribution in [-0.2, 0) is 11.8 Å². The van der Waals surface area contributed by atoms with Gasteiger partial charge in [0.25, 0.3) is 5.91 Å². The molecule has 0 aliphatic carbocycles. The van der Waals surface area contributed by atoms with Gasteiger partial charge in [-0.3, -0.25) is 14.3 Å². The first-order valence-corrected chi connectivity index (χ1v) is 5.43. The topological polar surface area (TPSA) is 84.2 Å². The van der Waals surface area contributed by atoms with E-state index in [0.29, 0.717) is 12.1 Å². The average molecular weight is 239 g/mol. The summed E-state index contributed by atoms with van der Waals surface area (Å²) in [6.45, 7) is 3.63. The van der Waals surface area contributed by atoms with Crippen LogP contribution in [0.25, 0.3) is 0 Å². The lowest BCUT2D eigenvalue weighted by Crippen LogP contribution is -2.33. The van der Waals surface area contributed by atoms with E-state index in [0.717, 1.165) is 5.69 Å². The van der Waals surface area contributed by atoms with Gasteiger partial charge in [-0.15, -0.1) is 0 Å². The molecule has 1 aromatic heterocycles. The number of hydrogen-bond donors (Lipinski definition) is 2. The Hall–Kier alpha value is -1.85. The fourth-order valence-electron chi connectivity index (χ4n) is 1.38. The fraction of sp³-hybridized carbons (Fsp3) is 0.545. The lowest BCUT2D eigenvalue weighted by molar-refractivity contribution is -0.137. The first-order chi connectivity index (χ1) is 7.90. The normalized spacial score (nSPS) is 12.2. The van der Waals surface area contributed by atoms with E-state index in [1.807, 2.05) is 6.92 Å². The summed E-state index contributed by atoms with van der Waals surface area (Å²) >= 11 is 0. The monoisotopic (exact) mass is 239 g/mol. The van der Waals surface area contributed by atoms with Crippen molar-refractivity contribution >= 4 is 11.9 Å². The van der Waals surface area contributed by atoms with Crippen LogP contribution < -0.4 is 5.32 Å². The maximum atomic E-state index is 11.7. The third-order valence-corrected chi connectivity index (χ3v) is 2.52. The molecule has 0 saturated carbocycles. The average Bonchev–Trinajstić information content (AvgIpc) is 2.56. The Kier molecular flexibility index (Phi) is 4.25. The highest BCUT2D eigenvalue weighted by Gasteiger charge is 2.14. The molecule has 17 heavy (non-hydrogen) atoms. The van der Waals surface area contributed by atoms with Crippen molar-refractivity contribution in [2.24, 2.45) is 7.05 Å². The Morgan fingerprint density at radius 1 is 1.59 bits per heavy atom. The SMILES string of the molecule is Cc1cc(C(=O)NC(C)CCC(=O)O)nn1C. The van der Waals surface area contributed by atoms with Gasteiger partial charge in [0.1, 0.15) is 5.69 Å². The molecule has 1 unspecified atom stereocenters. The summed E-state index contributed by atoms with van der Waals surface area (Å²) in [6, 6.07) is 1.51. The van der Waals surface area contributed by atoms with Gasteiger partial charge in [0, 0.05) is 25.2 Å². The van der Waals surface area contributed by atoms with Crippen molar-refractivity contribution in [3.05, 3.63) is 17.5 Å². The zero-order valence-electron chi connectivity index (χ0n) is 10.2. The van der Waals surface area contributed by atoms with Gasteiger partial charge in [-0.1, -0.05) is 0 Å².